The Hall–Kier alpha value is -14.4. The Morgan fingerprint density at radius 1 is 0.407 bits per heavy atom. The molecule has 0 aliphatic rings. The Bertz CT molecular complexity index is 6800. The van der Waals surface area contributed by atoms with Gasteiger partial charge in [0.15, 0.2) is 0 Å². The van der Waals surface area contributed by atoms with Gasteiger partial charge in [-0.05, 0) is 264 Å². The molecule has 6 N–H and O–H groups in total. The number of nitrogens with one attached hydrogen (secondary N) is 6. The maximum absolute atomic E-state index is 13.6. The van der Waals surface area contributed by atoms with E-state index >= 15 is 0 Å². The zero-order valence-electron chi connectivity index (χ0n) is 77.3. The summed E-state index contributed by atoms with van der Waals surface area (Å²) in [5.41, 5.74) is 8.67. The molecular weight excluding hydrogens is 1350 g/mol. The van der Waals surface area contributed by atoms with Crippen molar-refractivity contribution in [3.8, 4) is 50.8 Å². The summed E-state index contributed by atoms with van der Waals surface area (Å²) < 4.78 is 156. The summed E-state index contributed by atoms with van der Waals surface area (Å²) in [5, 5.41) is 8.22. The van der Waals surface area contributed by atoms with Gasteiger partial charge in [0.05, 0.1) is 66.7 Å². The van der Waals surface area contributed by atoms with E-state index in [1.165, 1.54) is 38.6 Å². The van der Waals surface area contributed by atoms with Crippen LogP contribution in [-0.2, 0) is 0 Å². The normalized spacial score (nSPS) is 13.9. The topological polar surface area (TPSA) is 277 Å². The second kappa shape index (κ2) is 32.9. The molecule has 0 radical (unpaired) electrons. The van der Waals surface area contributed by atoms with E-state index in [9.17, 15) is 14.4 Å². The van der Waals surface area contributed by atoms with Crippen molar-refractivity contribution in [2.24, 2.45) is 15.0 Å². The van der Waals surface area contributed by atoms with Crippen molar-refractivity contribution in [3.05, 3.63) is 352 Å². The number of nitrogens with zero attached hydrogens (tertiary/aromatic N) is 13. The largest absolute Gasteiger partial charge is 0.324 e. The molecule has 6 aromatic carbocycles. The van der Waals surface area contributed by atoms with Crippen molar-refractivity contribution in [2.45, 2.75) is 62.2 Å². The number of hydrogen-bond donors (Lipinski definition) is 6. The summed E-state index contributed by atoms with van der Waals surface area (Å²) in [6, 6.07) is 25.4. The van der Waals surface area contributed by atoms with Crippen LogP contribution in [0.3, 0.4) is 0 Å². The minimum absolute atomic E-state index is 0.0399. The number of hydrogen-bond acceptors (Lipinski definition) is 13. The zero-order chi connectivity index (χ0) is 90.8. The molecule has 0 atom stereocenters. The highest BCUT2D eigenvalue weighted by Gasteiger charge is 2.16. The lowest BCUT2D eigenvalue weighted by atomic mass is 10.1. The van der Waals surface area contributed by atoms with E-state index in [0.29, 0.717) is 33.8 Å². The number of H-pyrrole nitrogens is 3. The SMILES string of the molecule is [2H]c1nc(=Nc2c([2H])c(C(=O)Nc3cc(C)cc(-n4ccc(C)c4)c3)c([2H])c([2H])c2C([2H])([2H])[2H])[nH]c(-c2cccnc2)c1[2H].[2H]c1nc(=Nc2c([2H])c(C(=O)Nc3cc(C)cc(-n4ccc(C)c4)c3)c([2H])c([2H])c2C)[nH]c(-c2cccnc2)c1[2H].[2H]c1nc(=Nc2c([2H])c(C(=O)Nc3cc(C)cc(-n4cnc(C)c4)c3)c([2H])c([2H])c2C)[nH]c(-c2cccnc2)c1[2H]. The van der Waals surface area contributed by atoms with Crippen LogP contribution in [0.2, 0.25) is 0 Å². The van der Waals surface area contributed by atoms with Crippen LogP contribution in [0, 0.1) is 62.2 Å². The number of amides is 3. The van der Waals surface area contributed by atoms with Gasteiger partial charge in [-0.2, -0.15) is 0 Å². The number of rotatable bonds is 15. The fourth-order valence-electron chi connectivity index (χ4n) is 10.8. The average molecular weight is 1440 g/mol. The van der Waals surface area contributed by atoms with Crippen LogP contribution < -0.4 is 32.8 Å². The summed E-state index contributed by atoms with van der Waals surface area (Å²) in [6.07, 6.45) is 19.2. The molecule has 15 rings (SSSR count). The molecule has 0 saturated carbocycles. The van der Waals surface area contributed by atoms with Crippen LogP contribution in [0.25, 0.3) is 50.8 Å². The molecule has 3 amide bonds. The van der Waals surface area contributed by atoms with Gasteiger partial charge in [0.2, 0.25) is 16.9 Å². The molecule has 9 aromatic heterocycles. The first-order valence-electron chi connectivity index (χ1n) is 42.3. The highest BCUT2D eigenvalue weighted by Crippen LogP contribution is 2.28. The Labute approximate surface area is 648 Å². The average Bonchev–Trinajstić information content (AvgIpc) is 0.832. The second-order valence-electron chi connectivity index (χ2n) is 24.6. The van der Waals surface area contributed by atoms with Gasteiger partial charge in [0.1, 0.15) is 0 Å². The Morgan fingerprint density at radius 2 is 0.769 bits per heavy atom. The maximum Gasteiger partial charge on any atom is 0.255 e. The van der Waals surface area contributed by atoms with Crippen molar-refractivity contribution < 1.29 is 39.1 Å². The third-order valence-corrected chi connectivity index (χ3v) is 15.9. The van der Waals surface area contributed by atoms with Gasteiger partial charge >= 0.3 is 0 Å². The minimum Gasteiger partial charge on any atom is -0.324 e. The molecule has 0 bridgehead atoms. The monoisotopic (exact) mass is 1440 g/mol. The van der Waals surface area contributed by atoms with Crippen LogP contribution in [0.5, 0.6) is 0 Å². The van der Waals surface area contributed by atoms with Crippen LogP contribution >= 0.6 is 0 Å². The van der Waals surface area contributed by atoms with Gasteiger partial charge < -0.3 is 44.6 Å². The van der Waals surface area contributed by atoms with Gasteiger partial charge in [-0.15, -0.1) is 0 Å². The van der Waals surface area contributed by atoms with Crippen molar-refractivity contribution >= 4 is 51.8 Å². The molecule has 0 unspecified atom stereocenters. The number of anilines is 3. The summed E-state index contributed by atoms with van der Waals surface area (Å²) >= 11 is 0. The summed E-state index contributed by atoms with van der Waals surface area (Å²) in [6.45, 7) is 11.5. The second-order valence-corrected chi connectivity index (χ2v) is 24.6. The predicted octanol–water partition coefficient (Wildman–Crippen LogP) is 16.4. The third kappa shape index (κ3) is 18.5. The standard InChI is InChI=1S/2C29H26N6O.C28H25N7O/c2*1-19-9-12-35(18-19)25-14-20(2)13-24(16-25)32-28(36)22-7-6-21(3)27(15-22)34-29-31-11-8-26(33-29)23-5-4-10-30-17-23;1-18-11-23(14-24(12-18)35-16-20(3)31-17-35)32-27(36)21-7-6-19(2)26(13-21)34-28-30-10-8-25(33-28)22-5-4-9-29-15-22/h2*4-18H,1-3H3,(H,32,36)(H,31,33,34);4-17H,1-3H3,(H,32,36)(H,30,33,34)/i3D3,6D,7D,8D,11D,15D;6D,7D,8D,11D,15D;6D,7D,8D,10D,13D. The number of imidazole rings is 1. The van der Waals surface area contributed by atoms with Crippen LogP contribution in [0.15, 0.2) is 284 Å². The van der Waals surface area contributed by atoms with Crippen LogP contribution in [0.4, 0.5) is 34.1 Å². The maximum atomic E-state index is 13.6. The fourth-order valence-corrected chi connectivity index (χ4v) is 10.8. The lowest BCUT2D eigenvalue weighted by Gasteiger charge is -2.11. The van der Waals surface area contributed by atoms with Gasteiger partial charge in [0.25, 0.3) is 17.7 Å². The lowest BCUT2D eigenvalue weighted by molar-refractivity contribution is 0.101. The van der Waals surface area contributed by atoms with Gasteiger partial charge in [-0.25, -0.2) is 34.9 Å². The molecule has 0 aliphatic carbocycles. The highest BCUT2D eigenvalue weighted by atomic mass is 16.2. The van der Waals surface area contributed by atoms with Gasteiger partial charge in [-0.3, -0.25) is 29.3 Å². The molecule has 9 heterocycles. The molecule has 534 valence electrons. The van der Waals surface area contributed by atoms with Crippen molar-refractivity contribution in [1.82, 2.24) is 63.5 Å². The minimum atomic E-state index is -2.98. The molecule has 22 heteroatoms. The molecule has 108 heavy (non-hydrogen) atoms. The number of aromatic nitrogens is 13. The molecule has 0 saturated heterocycles. The quantitative estimate of drug-likeness (QED) is 0.0564. The first kappa shape index (κ1) is 52.5. The van der Waals surface area contributed by atoms with E-state index in [1.807, 2.05) is 117 Å². The van der Waals surface area contributed by atoms with E-state index in [-0.39, 0.29) is 122 Å². The van der Waals surface area contributed by atoms with Crippen LogP contribution in [0.1, 0.15) is 106 Å². The number of aryl methyl sites for hydroxylation is 6. The van der Waals surface area contributed by atoms with Crippen LogP contribution in [-0.4, -0.2) is 81.3 Å². The summed E-state index contributed by atoms with van der Waals surface area (Å²) in [5.74, 6) is -2.36. The fraction of sp³-hybridized carbons (Fsp3) is 0.105. The number of pyridine rings is 3. The van der Waals surface area contributed by atoms with Crippen molar-refractivity contribution in [3.63, 3.8) is 0 Å². The molecule has 0 fully saturated rings. The number of aromatic amines is 3. The summed E-state index contributed by atoms with van der Waals surface area (Å²) in [7, 11) is 0. The number of carbonyl (C=O) groups is 3. The van der Waals surface area contributed by atoms with E-state index in [0.717, 1.165) is 50.6 Å². The first-order valence-corrected chi connectivity index (χ1v) is 33.3. The van der Waals surface area contributed by atoms with Gasteiger partial charge in [0, 0.05) is 158 Å². The lowest BCUT2D eigenvalue weighted by Crippen LogP contribution is -2.14. The Morgan fingerprint density at radius 3 is 1.09 bits per heavy atom. The Kier molecular flexibility index (Phi) is 16.0. The smallest absolute Gasteiger partial charge is 0.255 e. The number of benzene rings is 6. The predicted molar refractivity (Wildman–Crippen MR) is 422 cm³/mol. The van der Waals surface area contributed by atoms with Crippen molar-refractivity contribution in [1.29, 1.82) is 0 Å². The van der Waals surface area contributed by atoms with E-state index < -0.39 is 77.8 Å². The van der Waals surface area contributed by atoms with E-state index in [1.54, 1.807) is 91.5 Å². The van der Waals surface area contributed by atoms with Crippen molar-refractivity contribution in [2.75, 3.05) is 16.0 Å². The molecule has 15 aromatic rings. The Balaban J connectivity index is 0.000000162. The zero-order valence-corrected chi connectivity index (χ0v) is 59.3. The van der Waals surface area contributed by atoms with E-state index in [2.05, 4.69) is 80.8 Å². The first-order chi connectivity index (χ1) is 59.8. The molecule has 22 nitrogen and oxygen atoms in total. The highest BCUT2D eigenvalue weighted by molar-refractivity contribution is 6.06. The number of carbonyl (C=O) groups excluding carboxylic acids is 3. The summed E-state index contributed by atoms with van der Waals surface area (Å²) in [4.78, 5) is 90.3. The third-order valence-electron chi connectivity index (χ3n) is 15.9. The molecule has 0 spiro atoms. The van der Waals surface area contributed by atoms with Gasteiger partial charge in [-0.1, -0.05) is 18.1 Å². The molecule has 0 aliphatic heterocycles. The molecular formula is C86H77N19O3. The van der Waals surface area contributed by atoms with E-state index in [4.69, 9.17) is 24.7 Å².